The van der Waals surface area contributed by atoms with Gasteiger partial charge in [0.05, 0.1) is 23.1 Å². The molecule has 0 saturated heterocycles. The molecule has 0 bridgehead atoms. The lowest BCUT2D eigenvalue weighted by molar-refractivity contribution is 0.0784. The van der Waals surface area contributed by atoms with E-state index >= 15 is 0 Å². The second kappa shape index (κ2) is 6.48. The summed E-state index contributed by atoms with van der Waals surface area (Å²) in [6.07, 6.45) is 1.64. The molecule has 1 heterocycles. The zero-order valence-corrected chi connectivity index (χ0v) is 13.3. The SMILES string of the molecule is Cc1c(C(=O)N(C)Cc2ccccc2)cnn1-c1ccccc1. The molecule has 1 amide bonds. The summed E-state index contributed by atoms with van der Waals surface area (Å²) < 4.78 is 1.80. The minimum atomic E-state index is -0.0199. The van der Waals surface area contributed by atoms with Crippen LogP contribution in [0, 0.1) is 6.92 Å². The fourth-order valence-corrected chi connectivity index (χ4v) is 2.58. The molecule has 116 valence electrons. The van der Waals surface area contributed by atoms with Crippen LogP contribution in [0.2, 0.25) is 0 Å². The van der Waals surface area contributed by atoms with Crippen molar-refractivity contribution < 1.29 is 4.79 Å². The lowest BCUT2D eigenvalue weighted by Gasteiger charge is -2.17. The van der Waals surface area contributed by atoms with Crippen molar-refractivity contribution in [2.75, 3.05) is 7.05 Å². The molecule has 0 atom stereocenters. The predicted octanol–water partition coefficient (Wildman–Crippen LogP) is 3.45. The van der Waals surface area contributed by atoms with Crippen LogP contribution < -0.4 is 0 Å². The van der Waals surface area contributed by atoms with Crippen LogP contribution in [0.15, 0.2) is 66.9 Å². The highest BCUT2D eigenvalue weighted by molar-refractivity contribution is 5.95. The maximum Gasteiger partial charge on any atom is 0.257 e. The zero-order valence-electron chi connectivity index (χ0n) is 13.3. The van der Waals surface area contributed by atoms with Crippen molar-refractivity contribution in [1.29, 1.82) is 0 Å². The van der Waals surface area contributed by atoms with Crippen molar-refractivity contribution in [3.63, 3.8) is 0 Å². The second-order valence-corrected chi connectivity index (χ2v) is 5.54. The van der Waals surface area contributed by atoms with Crippen LogP contribution in [-0.2, 0) is 6.54 Å². The number of aromatic nitrogens is 2. The number of amides is 1. The summed E-state index contributed by atoms with van der Waals surface area (Å²) in [6, 6.07) is 19.8. The van der Waals surface area contributed by atoms with Gasteiger partial charge >= 0.3 is 0 Å². The molecular weight excluding hydrogens is 286 g/mol. The first-order valence-corrected chi connectivity index (χ1v) is 7.56. The maximum absolute atomic E-state index is 12.7. The Morgan fingerprint density at radius 1 is 1.04 bits per heavy atom. The quantitative estimate of drug-likeness (QED) is 0.740. The molecule has 0 radical (unpaired) electrons. The van der Waals surface area contributed by atoms with Crippen molar-refractivity contribution in [3.8, 4) is 5.69 Å². The number of carbonyl (C=O) groups is 1. The third-order valence-corrected chi connectivity index (χ3v) is 3.85. The topological polar surface area (TPSA) is 38.1 Å². The second-order valence-electron chi connectivity index (χ2n) is 5.54. The molecule has 2 aromatic carbocycles. The van der Waals surface area contributed by atoms with Gasteiger partial charge in [0.2, 0.25) is 0 Å². The van der Waals surface area contributed by atoms with Gasteiger partial charge in [-0.1, -0.05) is 48.5 Å². The van der Waals surface area contributed by atoms with E-state index in [1.807, 2.05) is 74.6 Å². The molecule has 0 aliphatic heterocycles. The summed E-state index contributed by atoms with van der Waals surface area (Å²) >= 11 is 0. The largest absolute Gasteiger partial charge is 0.337 e. The van der Waals surface area contributed by atoms with Crippen LogP contribution in [0.4, 0.5) is 0 Å². The molecule has 4 nitrogen and oxygen atoms in total. The molecule has 1 aromatic heterocycles. The monoisotopic (exact) mass is 305 g/mol. The lowest BCUT2D eigenvalue weighted by Crippen LogP contribution is -2.26. The summed E-state index contributed by atoms with van der Waals surface area (Å²) in [5.74, 6) is -0.0199. The first kappa shape index (κ1) is 15.0. The fourth-order valence-electron chi connectivity index (χ4n) is 2.58. The highest BCUT2D eigenvalue weighted by Crippen LogP contribution is 2.16. The van der Waals surface area contributed by atoms with E-state index in [-0.39, 0.29) is 5.91 Å². The van der Waals surface area contributed by atoms with E-state index in [1.165, 1.54) is 0 Å². The standard InChI is InChI=1S/C19H19N3O/c1-15-18(13-20-22(15)17-11-7-4-8-12-17)19(23)21(2)14-16-9-5-3-6-10-16/h3-13H,14H2,1-2H3. The Balaban J connectivity index is 1.82. The third kappa shape index (κ3) is 3.16. The number of para-hydroxylation sites is 1. The van der Waals surface area contributed by atoms with E-state index in [2.05, 4.69) is 5.10 Å². The molecule has 0 fully saturated rings. The van der Waals surface area contributed by atoms with Crippen LogP contribution >= 0.6 is 0 Å². The summed E-state index contributed by atoms with van der Waals surface area (Å²) in [7, 11) is 1.81. The van der Waals surface area contributed by atoms with Gasteiger partial charge < -0.3 is 4.90 Å². The van der Waals surface area contributed by atoms with Crippen molar-refractivity contribution in [2.24, 2.45) is 0 Å². The average molecular weight is 305 g/mol. The van der Waals surface area contributed by atoms with Crippen molar-refractivity contribution >= 4 is 5.91 Å². The minimum Gasteiger partial charge on any atom is -0.337 e. The van der Waals surface area contributed by atoms with Crippen LogP contribution in [-0.4, -0.2) is 27.6 Å². The molecule has 0 N–H and O–H groups in total. The molecule has 3 rings (SSSR count). The molecule has 4 heteroatoms. The Bertz CT molecular complexity index is 794. The number of hydrogen-bond acceptors (Lipinski definition) is 2. The van der Waals surface area contributed by atoms with Crippen LogP contribution in [0.5, 0.6) is 0 Å². The van der Waals surface area contributed by atoms with Crippen molar-refractivity contribution in [2.45, 2.75) is 13.5 Å². The van der Waals surface area contributed by atoms with Gasteiger partial charge in [-0.15, -0.1) is 0 Å². The molecule has 0 spiro atoms. The molecule has 23 heavy (non-hydrogen) atoms. The minimum absolute atomic E-state index is 0.0199. The molecule has 0 aliphatic carbocycles. The highest BCUT2D eigenvalue weighted by atomic mass is 16.2. The lowest BCUT2D eigenvalue weighted by atomic mass is 10.2. The first-order valence-electron chi connectivity index (χ1n) is 7.56. The maximum atomic E-state index is 12.7. The van der Waals surface area contributed by atoms with E-state index in [0.29, 0.717) is 12.1 Å². The van der Waals surface area contributed by atoms with Gasteiger partial charge in [0, 0.05) is 13.6 Å². The Labute approximate surface area is 136 Å². The molecule has 3 aromatic rings. The highest BCUT2D eigenvalue weighted by Gasteiger charge is 2.18. The van der Waals surface area contributed by atoms with E-state index < -0.39 is 0 Å². The molecular formula is C19H19N3O. The van der Waals surface area contributed by atoms with Gasteiger partial charge in [-0.2, -0.15) is 5.10 Å². The Hall–Kier alpha value is -2.88. The smallest absolute Gasteiger partial charge is 0.257 e. The van der Waals surface area contributed by atoms with Gasteiger partial charge in [-0.3, -0.25) is 4.79 Å². The van der Waals surface area contributed by atoms with E-state index in [1.54, 1.807) is 15.8 Å². The Morgan fingerprint density at radius 3 is 2.30 bits per heavy atom. The van der Waals surface area contributed by atoms with Crippen molar-refractivity contribution in [1.82, 2.24) is 14.7 Å². The van der Waals surface area contributed by atoms with Crippen LogP contribution in [0.3, 0.4) is 0 Å². The van der Waals surface area contributed by atoms with Crippen molar-refractivity contribution in [3.05, 3.63) is 83.7 Å². The summed E-state index contributed by atoms with van der Waals surface area (Å²) in [5, 5.41) is 4.37. The van der Waals surface area contributed by atoms with Gasteiger partial charge in [-0.25, -0.2) is 4.68 Å². The van der Waals surface area contributed by atoms with Gasteiger partial charge in [0.25, 0.3) is 5.91 Å². The first-order chi connectivity index (χ1) is 11.2. The number of benzene rings is 2. The van der Waals surface area contributed by atoms with E-state index in [9.17, 15) is 4.79 Å². The van der Waals surface area contributed by atoms with Gasteiger partial charge in [0.15, 0.2) is 0 Å². The zero-order chi connectivity index (χ0) is 16.2. The summed E-state index contributed by atoms with van der Waals surface area (Å²) in [5.41, 5.74) is 3.54. The predicted molar refractivity (Wildman–Crippen MR) is 90.5 cm³/mol. The van der Waals surface area contributed by atoms with E-state index in [4.69, 9.17) is 0 Å². The molecule has 0 unspecified atom stereocenters. The average Bonchev–Trinajstić information content (AvgIpc) is 2.97. The Morgan fingerprint density at radius 2 is 1.65 bits per heavy atom. The third-order valence-electron chi connectivity index (χ3n) is 3.85. The van der Waals surface area contributed by atoms with E-state index in [0.717, 1.165) is 16.9 Å². The van der Waals surface area contributed by atoms with Crippen LogP contribution in [0.1, 0.15) is 21.6 Å². The van der Waals surface area contributed by atoms with Crippen LogP contribution in [0.25, 0.3) is 5.69 Å². The normalized spacial score (nSPS) is 10.5. The van der Waals surface area contributed by atoms with Gasteiger partial charge in [0.1, 0.15) is 0 Å². The Kier molecular flexibility index (Phi) is 4.24. The number of hydrogen-bond donors (Lipinski definition) is 0. The van der Waals surface area contributed by atoms with Gasteiger partial charge in [-0.05, 0) is 24.6 Å². The molecule has 0 saturated carbocycles. The number of nitrogens with zero attached hydrogens (tertiary/aromatic N) is 3. The number of carbonyl (C=O) groups excluding carboxylic acids is 1. The molecule has 0 aliphatic rings. The number of rotatable bonds is 4. The summed E-state index contributed by atoms with van der Waals surface area (Å²) in [4.78, 5) is 14.4. The summed E-state index contributed by atoms with van der Waals surface area (Å²) in [6.45, 7) is 2.50. The fraction of sp³-hybridized carbons (Fsp3) is 0.158.